The molecule has 35 heavy (non-hydrogen) atoms. The van der Waals surface area contributed by atoms with E-state index in [-0.39, 0.29) is 17.2 Å². The number of aromatic nitrogens is 2. The Labute approximate surface area is 213 Å². The monoisotopic (exact) mass is 510 g/mol. The number of thiazole rings is 2. The molecule has 0 saturated carbocycles. The van der Waals surface area contributed by atoms with Crippen molar-refractivity contribution in [3.05, 3.63) is 68.8 Å². The molecular formula is C26H30N4O3S2. The summed E-state index contributed by atoms with van der Waals surface area (Å²) in [7, 11) is 0. The molecule has 0 bridgehead atoms. The predicted octanol–water partition coefficient (Wildman–Crippen LogP) is 5.35. The van der Waals surface area contributed by atoms with Crippen molar-refractivity contribution in [3.63, 3.8) is 0 Å². The highest BCUT2D eigenvalue weighted by Crippen LogP contribution is 2.22. The Morgan fingerprint density at radius 1 is 1.14 bits per heavy atom. The fraction of sp³-hybridized carbons (Fsp3) is 0.385. The number of benzene rings is 1. The summed E-state index contributed by atoms with van der Waals surface area (Å²) in [5.41, 5.74) is 4.96. The number of fused-ring (bicyclic) bond motifs is 1. The van der Waals surface area contributed by atoms with Gasteiger partial charge in [-0.1, -0.05) is 26.8 Å². The molecule has 0 saturated heterocycles. The Morgan fingerprint density at radius 2 is 1.97 bits per heavy atom. The predicted molar refractivity (Wildman–Crippen MR) is 139 cm³/mol. The van der Waals surface area contributed by atoms with Gasteiger partial charge < -0.3 is 14.6 Å². The van der Waals surface area contributed by atoms with Gasteiger partial charge in [-0.3, -0.25) is 9.59 Å². The zero-order valence-electron chi connectivity index (χ0n) is 20.4. The maximum absolute atomic E-state index is 13.9. The maximum Gasteiger partial charge on any atom is 0.246 e. The Bertz CT molecular complexity index is 1290. The number of carbonyl (C=O) groups excluding carboxylic acids is 2. The second kappa shape index (κ2) is 10.7. The van der Waals surface area contributed by atoms with E-state index in [2.05, 4.69) is 15.3 Å². The molecule has 0 aliphatic heterocycles. The lowest BCUT2D eigenvalue weighted by Gasteiger charge is -2.28. The van der Waals surface area contributed by atoms with Crippen LogP contribution in [0.2, 0.25) is 0 Å². The molecule has 0 unspecified atom stereocenters. The normalized spacial score (nSPS) is 12.6. The Hall–Kier alpha value is -3.04. The number of aryl methyl sites for hydroxylation is 1. The lowest BCUT2D eigenvalue weighted by atomic mass is 9.91. The van der Waals surface area contributed by atoms with Gasteiger partial charge in [-0.15, -0.1) is 22.7 Å². The van der Waals surface area contributed by atoms with E-state index in [4.69, 9.17) is 4.42 Å². The van der Waals surface area contributed by atoms with Crippen molar-refractivity contribution >= 4 is 45.5 Å². The second-order valence-electron chi connectivity index (χ2n) is 9.89. The minimum Gasteiger partial charge on any atom is -0.464 e. The van der Waals surface area contributed by atoms with Crippen LogP contribution in [0.3, 0.4) is 0 Å². The van der Waals surface area contributed by atoms with Crippen LogP contribution in [0.4, 0.5) is 0 Å². The van der Waals surface area contributed by atoms with Crippen molar-refractivity contribution in [2.45, 2.75) is 59.7 Å². The van der Waals surface area contributed by atoms with Crippen molar-refractivity contribution in [2.24, 2.45) is 5.41 Å². The molecule has 4 aromatic rings. The summed E-state index contributed by atoms with van der Waals surface area (Å²) in [5, 5.41) is 8.82. The summed E-state index contributed by atoms with van der Waals surface area (Å²) >= 11 is 3.03. The van der Waals surface area contributed by atoms with Crippen LogP contribution in [0.1, 0.15) is 49.2 Å². The van der Waals surface area contributed by atoms with E-state index in [9.17, 15) is 9.59 Å². The Kier molecular flexibility index (Phi) is 7.66. The molecular weight excluding hydrogens is 480 g/mol. The Balaban J connectivity index is 1.61. The molecule has 3 aromatic heterocycles. The topological polar surface area (TPSA) is 88.3 Å². The van der Waals surface area contributed by atoms with E-state index in [0.29, 0.717) is 25.9 Å². The molecule has 0 aliphatic carbocycles. The standard InChI is InChI=1S/C26H30N4O3S2/c1-17-28-21(15-35-17)13-30(12-18-5-6-23-19(9-18)7-8-33-23)25(32)22(10-20-14-34-16-27-20)29-24(31)11-26(2,3)4/h5-9,14-16,22H,10-13H2,1-4H3,(H,29,31)/t22-/m0/s1. The molecule has 1 aromatic carbocycles. The highest BCUT2D eigenvalue weighted by Gasteiger charge is 2.29. The first-order chi connectivity index (χ1) is 16.7. The lowest BCUT2D eigenvalue weighted by molar-refractivity contribution is -0.138. The number of hydrogen-bond donors (Lipinski definition) is 1. The van der Waals surface area contributed by atoms with Gasteiger partial charge >= 0.3 is 0 Å². The van der Waals surface area contributed by atoms with Crippen molar-refractivity contribution in [1.82, 2.24) is 20.2 Å². The van der Waals surface area contributed by atoms with Gasteiger partial charge in [0.2, 0.25) is 11.8 Å². The van der Waals surface area contributed by atoms with Crippen LogP contribution in [0, 0.1) is 12.3 Å². The minimum absolute atomic E-state index is 0.143. The smallest absolute Gasteiger partial charge is 0.246 e. The quantitative estimate of drug-likeness (QED) is 0.328. The zero-order valence-corrected chi connectivity index (χ0v) is 22.0. The van der Waals surface area contributed by atoms with Crippen molar-refractivity contribution in [3.8, 4) is 0 Å². The summed E-state index contributed by atoms with van der Waals surface area (Å²) < 4.78 is 5.46. The number of nitrogens with one attached hydrogen (secondary N) is 1. The highest BCUT2D eigenvalue weighted by atomic mass is 32.1. The third kappa shape index (κ3) is 6.99. The molecule has 2 amide bonds. The highest BCUT2D eigenvalue weighted by molar-refractivity contribution is 7.09. The maximum atomic E-state index is 13.9. The minimum atomic E-state index is -0.718. The van der Waals surface area contributed by atoms with Crippen LogP contribution >= 0.6 is 22.7 Å². The molecule has 184 valence electrons. The van der Waals surface area contributed by atoms with Gasteiger partial charge in [0.05, 0.1) is 34.7 Å². The third-order valence-electron chi connectivity index (χ3n) is 5.44. The van der Waals surface area contributed by atoms with E-state index in [1.54, 1.807) is 28.0 Å². The molecule has 0 aliphatic rings. The first-order valence-electron chi connectivity index (χ1n) is 11.5. The number of rotatable bonds is 9. The molecule has 0 radical (unpaired) electrons. The molecule has 1 N–H and O–H groups in total. The average Bonchev–Trinajstić information content (AvgIpc) is 3.53. The number of furan rings is 1. The van der Waals surface area contributed by atoms with Crippen molar-refractivity contribution < 1.29 is 14.0 Å². The van der Waals surface area contributed by atoms with Gasteiger partial charge in [0.15, 0.2) is 0 Å². The molecule has 9 heteroatoms. The molecule has 1 atom stereocenters. The largest absolute Gasteiger partial charge is 0.464 e. The lowest BCUT2D eigenvalue weighted by Crippen LogP contribution is -2.49. The first kappa shape index (κ1) is 25.1. The number of hydrogen-bond acceptors (Lipinski definition) is 7. The average molecular weight is 511 g/mol. The van der Waals surface area contributed by atoms with Gasteiger partial charge in [-0.2, -0.15) is 0 Å². The summed E-state index contributed by atoms with van der Waals surface area (Å²) in [4.78, 5) is 37.5. The first-order valence-corrected chi connectivity index (χ1v) is 13.3. The summed E-state index contributed by atoms with van der Waals surface area (Å²) in [6.07, 6.45) is 2.33. The van der Waals surface area contributed by atoms with E-state index in [1.165, 1.54) is 11.3 Å². The summed E-state index contributed by atoms with van der Waals surface area (Å²) in [6.45, 7) is 8.71. The Morgan fingerprint density at radius 3 is 2.66 bits per heavy atom. The van der Waals surface area contributed by atoms with Gasteiger partial charge in [-0.05, 0) is 36.1 Å². The number of nitrogens with zero attached hydrogens (tertiary/aromatic N) is 3. The molecule has 0 spiro atoms. The van der Waals surface area contributed by atoms with Gasteiger partial charge in [0.25, 0.3) is 0 Å². The molecule has 4 rings (SSSR count). The third-order valence-corrected chi connectivity index (χ3v) is 6.90. The SMILES string of the molecule is Cc1nc(CN(Cc2ccc3occc3c2)C(=O)[C@H](Cc2cscn2)NC(=O)CC(C)(C)C)cs1. The van der Waals surface area contributed by atoms with E-state index in [0.717, 1.165) is 32.9 Å². The van der Waals surface area contributed by atoms with Crippen LogP contribution in [0.5, 0.6) is 0 Å². The molecule has 3 heterocycles. The van der Waals surface area contributed by atoms with Gasteiger partial charge in [0, 0.05) is 35.5 Å². The summed E-state index contributed by atoms with van der Waals surface area (Å²) in [5.74, 6) is -0.298. The molecule has 7 nitrogen and oxygen atoms in total. The fourth-order valence-corrected chi connectivity index (χ4v) is 5.09. The zero-order chi connectivity index (χ0) is 25.0. The summed E-state index contributed by atoms with van der Waals surface area (Å²) in [6, 6.07) is 7.10. The van der Waals surface area contributed by atoms with E-state index < -0.39 is 6.04 Å². The van der Waals surface area contributed by atoms with Crippen LogP contribution in [0.25, 0.3) is 11.0 Å². The van der Waals surface area contributed by atoms with Crippen LogP contribution in [0.15, 0.2) is 51.2 Å². The van der Waals surface area contributed by atoms with Crippen LogP contribution in [-0.4, -0.2) is 32.7 Å². The van der Waals surface area contributed by atoms with Gasteiger partial charge in [-0.25, -0.2) is 9.97 Å². The van der Waals surface area contributed by atoms with E-state index in [1.807, 2.05) is 62.7 Å². The van der Waals surface area contributed by atoms with Crippen LogP contribution < -0.4 is 5.32 Å². The molecule has 0 fully saturated rings. The van der Waals surface area contributed by atoms with Crippen molar-refractivity contribution in [2.75, 3.05) is 0 Å². The van der Waals surface area contributed by atoms with E-state index >= 15 is 0 Å². The second-order valence-corrected chi connectivity index (χ2v) is 11.7. The van der Waals surface area contributed by atoms with Crippen LogP contribution in [-0.2, 0) is 29.1 Å². The number of amides is 2. The van der Waals surface area contributed by atoms with Crippen molar-refractivity contribution in [1.29, 1.82) is 0 Å². The van der Waals surface area contributed by atoms with Gasteiger partial charge in [0.1, 0.15) is 11.6 Å². The number of carbonyl (C=O) groups is 2. The fourth-order valence-electron chi connectivity index (χ4n) is 3.92.